The first kappa shape index (κ1) is 11.2. The first-order valence-electron chi connectivity index (χ1n) is 6.12. The maximum absolute atomic E-state index is 5.89. The Kier molecular flexibility index (Phi) is 3.03. The van der Waals surface area contributed by atoms with Gasteiger partial charge < -0.3 is 11.1 Å². The Balaban J connectivity index is 2.01. The standard InChI is InChI=1S/C13H21N3/c1-3-13(7-4-8-13)9-15-12-11(14)6-5-10(2)16-12/h5-6H,3-4,7-9,14H2,1-2H3,(H,15,16). The Hall–Kier alpha value is -1.25. The third kappa shape index (κ3) is 2.13. The van der Waals surface area contributed by atoms with Gasteiger partial charge in [-0.1, -0.05) is 13.3 Å². The maximum atomic E-state index is 5.89. The highest BCUT2D eigenvalue weighted by Gasteiger charge is 2.34. The number of rotatable bonds is 4. The molecule has 0 bridgehead atoms. The monoisotopic (exact) mass is 219 g/mol. The Morgan fingerprint density at radius 2 is 2.19 bits per heavy atom. The molecule has 3 nitrogen and oxygen atoms in total. The Labute approximate surface area is 97.5 Å². The smallest absolute Gasteiger partial charge is 0.149 e. The number of hydrogen-bond acceptors (Lipinski definition) is 3. The van der Waals surface area contributed by atoms with E-state index in [2.05, 4.69) is 17.2 Å². The highest BCUT2D eigenvalue weighted by atomic mass is 15.0. The zero-order valence-corrected chi connectivity index (χ0v) is 10.2. The van der Waals surface area contributed by atoms with Gasteiger partial charge in [0, 0.05) is 12.2 Å². The molecule has 0 aliphatic heterocycles. The van der Waals surface area contributed by atoms with Crippen molar-refractivity contribution >= 4 is 11.5 Å². The van der Waals surface area contributed by atoms with E-state index in [0.29, 0.717) is 5.41 Å². The first-order valence-corrected chi connectivity index (χ1v) is 6.12. The number of aryl methyl sites for hydroxylation is 1. The molecule has 16 heavy (non-hydrogen) atoms. The predicted molar refractivity (Wildman–Crippen MR) is 68.5 cm³/mol. The minimum atomic E-state index is 0.498. The van der Waals surface area contributed by atoms with E-state index in [1.807, 2.05) is 19.1 Å². The minimum Gasteiger partial charge on any atom is -0.396 e. The molecule has 1 saturated carbocycles. The zero-order chi connectivity index (χ0) is 11.6. The van der Waals surface area contributed by atoms with Crippen LogP contribution in [0.4, 0.5) is 11.5 Å². The molecule has 0 atom stereocenters. The van der Waals surface area contributed by atoms with E-state index < -0.39 is 0 Å². The molecular weight excluding hydrogens is 198 g/mol. The van der Waals surface area contributed by atoms with Crippen LogP contribution in [0.2, 0.25) is 0 Å². The van der Waals surface area contributed by atoms with Crippen LogP contribution in [-0.4, -0.2) is 11.5 Å². The summed E-state index contributed by atoms with van der Waals surface area (Å²) in [6.45, 7) is 5.27. The number of nitrogens with one attached hydrogen (secondary N) is 1. The Bertz CT molecular complexity index is 364. The fourth-order valence-corrected chi connectivity index (χ4v) is 2.31. The van der Waals surface area contributed by atoms with Crippen LogP contribution in [-0.2, 0) is 0 Å². The molecule has 0 spiro atoms. The van der Waals surface area contributed by atoms with Crippen LogP contribution in [0.1, 0.15) is 38.3 Å². The van der Waals surface area contributed by atoms with Gasteiger partial charge in [-0.05, 0) is 43.7 Å². The van der Waals surface area contributed by atoms with Crippen molar-refractivity contribution in [1.29, 1.82) is 0 Å². The van der Waals surface area contributed by atoms with Crippen molar-refractivity contribution in [3.05, 3.63) is 17.8 Å². The molecule has 1 aromatic heterocycles. The summed E-state index contributed by atoms with van der Waals surface area (Å²) in [5.41, 5.74) is 8.15. The van der Waals surface area contributed by atoms with Gasteiger partial charge in [0.15, 0.2) is 0 Å². The second-order valence-corrected chi connectivity index (χ2v) is 4.95. The summed E-state index contributed by atoms with van der Waals surface area (Å²) in [7, 11) is 0. The maximum Gasteiger partial charge on any atom is 0.149 e. The van der Waals surface area contributed by atoms with Gasteiger partial charge in [0.2, 0.25) is 0 Å². The third-order valence-electron chi connectivity index (χ3n) is 3.86. The molecule has 0 saturated heterocycles. The van der Waals surface area contributed by atoms with E-state index in [9.17, 15) is 0 Å². The van der Waals surface area contributed by atoms with Crippen LogP contribution in [0.15, 0.2) is 12.1 Å². The van der Waals surface area contributed by atoms with E-state index in [0.717, 1.165) is 23.7 Å². The molecule has 1 heterocycles. The largest absolute Gasteiger partial charge is 0.396 e. The lowest BCUT2D eigenvalue weighted by Crippen LogP contribution is -2.36. The third-order valence-corrected chi connectivity index (χ3v) is 3.86. The van der Waals surface area contributed by atoms with Gasteiger partial charge in [0.25, 0.3) is 0 Å². The van der Waals surface area contributed by atoms with Crippen molar-refractivity contribution in [1.82, 2.24) is 4.98 Å². The molecule has 3 N–H and O–H groups in total. The van der Waals surface area contributed by atoms with Gasteiger partial charge >= 0.3 is 0 Å². The Morgan fingerprint density at radius 1 is 1.44 bits per heavy atom. The summed E-state index contributed by atoms with van der Waals surface area (Å²) >= 11 is 0. The molecule has 0 aromatic carbocycles. The van der Waals surface area contributed by atoms with Crippen molar-refractivity contribution in [3.8, 4) is 0 Å². The van der Waals surface area contributed by atoms with E-state index >= 15 is 0 Å². The van der Waals surface area contributed by atoms with E-state index in [1.165, 1.54) is 25.7 Å². The lowest BCUT2D eigenvalue weighted by molar-refractivity contribution is 0.145. The number of anilines is 2. The van der Waals surface area contributed by atoms with Crippen molar-refractivity contribution in [2.45, 2.75) is 39.5 Å². The van der Waals surface area contributed by atoms with Gasteiger partial charge in [-0.2, -0.15) is 0 Å². The van der Waals surface area contributed by atoms with Crippen LogP contribution < -0.4 is 11.1 Å². The van der Waals surface area contributed by atoms with Gasteiger partial charge in [0.1, 0.15) is 5.82 Å². The van der Waals surface area contributed by atoms with Gasteiger partial charge in [-0.3, -0.25) is 0 Å². The highest BCUT2D eigenvalue weighted by Crippen LogP contribution is 2.43. The molecule has 3 heteroatoms. The second-order valence-electron chi connectivity index (χ2n) is 4.95. The first-order chi connectivity index (χ1) is 7.65. The molecule has 0 radical (unpaired) electrons. The molecule has 0 unspecified atom stereocenters. The van der Waals surface area contributed by atoms with Crippen molar-refractivity contribution < 1.29 is 0 Å². The van der Waals surface area contributed by atoms with Crippen molar-refractivity contribution in [3.63, 3.8) is 0 Å². The molecule has 1 aliphatic rings. The number of aromatic nitrogens is 1. The molecule has 88 valence electrons. The number of pyridine rings is 1. The summed E-state index contributed by atoms with van der Waals surface area (Å²) in [5.74, 6) is 0.847. The van der Waals surface area contributed by atoms with E-state index in [1.54, 1.807) is 0 Å². The average Bonchev–Trinajstić information content (AvgIpc) is 2.22. The average molecular weight is 219 g/mol. The summed E-state index contributed by atoms with van der Waals surface area (Å²) in [4.78, 5) is 4.43. The minimum absolute atomic E-state index is 0.498. The van der Waals surface area contributed by atoms with Gasteiger partial charge in [-0.15, -0.1) is 0 Å². The van der Waals surface area contributed by atoms with Gasteiger partial charge in [0.05, 0.1) is 5.69 Å². The SMILES string of the molecule is CCC1(CNc2nc(C)ccc2N)CCC1. The topological polar surface area (TPSA) is 50.9 Å². The van der Waals surface area contributed by atoms with Crippen LogP contribution >= 0.6 is 0 Å². The zero-order valence-electron chi connectivity index (χ0n) is 10.2. The molecule has 1 aromatic rings. The number of nitrogens with two attached hydrogens (primary N) is 1. The highest BCUT2D eigenvalue weighted by molar-refractivity contribution is 5.61. The second kappa shape index (κ2) is 4.32. The van der Waals surface area contributed by atoms with Crippen LogP contribution in [0, 0.1) is 12.3 Å². The summed E-state index contributed by atoms with van der Waals surface area (Å²) in [5, 5.41) is 3.41. The number of nitrogens with zero attached hydrogens (tertiary/aromatic N) is 1. The van der Waals surface area contributed by atoms with Gasteiger partial charge in [-0.25, -0.2) is 4.98 Å². The predicted octanol–water partition coefficient (Wildman–Crippen LogP) is 2.96. The van der Waals surface area contributed by atoms with E-state index in [-0.39, 0.29) is 0 Å². The summed E-state index contributed by atoms with van der Waals surface area (Å²) < 4.78 is 0. The van der Waals surface area contributed by atoms with Crippen molar-refractivity contribution in [2.75, 3.05) is 17.6 Å². The molecule has 0 amide bonds. The fraction of sp³-hybridized carbons (Fsp3) is 0.615. The lowest BCUT2D eigenvalue weighted by atomic mass is 9.67. The summed E-state index contributed by atoms with van der Waals surface area (Å²) in [6, 6.07) is 3.86. The van der Waals surface area contributed by atoms with Crippen LogP contribution in [0.5, 0.6) is 0 Å². The number of nitrogen functional groups attached to an aromatic ring is 1. The van der Waals surface area contributed by atoms with E-state index in [4.69, 9.17) is 5.73 Å². The fourth-order valence-electron chi connectivity index (χ4n) is 2.31. The molecule has 2 rings (SSSR count). The Morgan fingerprint density at radius 3 is 2.75 bits per heavy atom. The van der Waals surface area contributed by atoms with Crippen molar-refractivity contribution in [2.24, 2.45) is 5.41 Å². The molecule has 1 aliphatic carbocycles. The van der Waals surface area contributed by atoms with Crippen LogP contribution in [0.3, 0.4) is 0 Å². The van der Waals surface area contributed by atoms with Crippen LogP contribution in [0.25, 0.3) is 0 Å². The lowest BCUT2D eigenvalue weighted by Gasteiger charge is -2.41. The summed E-state index contributed by atoms with van der Waals surface area (Å²) in [6.07, 6.45) is 5.28. The number of hydrogen-bond donors (Lipinski definition) is 2. The molecular formula is C13H21N3. The molecule has 1 fully saturated rings. The quantitative estimate of drug-likeness (QED) is 0.818. The normalized spacial score (nSPS) is 17.9.